The number of rotatable bonds is 4. The Morgan fingerprint density at radius 2 is 1.61 bits per heavy atom. The standard InChI is InChI=1S/C25H21N7O/c1-16-12-17(2)14-20(13-16)28-25(33)27-19-7-5-6-18(15-19)21-9-10-23-29-30-24(32(23)31-21)22-8-3-4-11-26-22/h3-15H,1-2H3,(H2,27,28,33). The molecule has 2 aromatic carbocycles. The number of aromatic nitrogens is 5. The molecule has 0 fully saturated rings. The van der Waals surface area contributed by atoms with Crippen LogP contribution in [0.25, 0.3) is 28.4 Å². The van der Waals surface area contributed by atoms with Gasteiger partial charge in [-0.05, 0) is 73.5 Å². The molecule has 0 radical (unpaired) electrons. The van der Waals surface area contributed by atoms with Crippen molar-refractivity contribution in [1.29, 1.82) is 0 Å². The summed E-state index contributed by atoms with van der Waals surface area (Å²) >= 11 is 0. The average Bonchev–Trinajstić information content (AvgIpc) is 3.22. The highest BCUT2D eigenvalue weighted by molar-refractivity contribution is 6.00. The second-order valence-electron chi connectivity index (χ2n) is 7.76. The summed E-state index contributed by atoms with van der Waals surface area (Å²) in [6, 6.07) is 22.5. The number of carbonyl (C=O) groups is 1. The molecule has 3 heterocycles. The molecule has 3 aromatic heterocycles. The summed E-state index contributed by atoms with van der Waals surface area (Å²) in [5, 5.41) is 18.9. The molecular formula is C25H21N7O. The van der Waals surface area contributed by atoms with E-state index in [1.54, 1.807) is 10.7 Å². The molecule has 162 valence electrons. The summed E-state index contributed by atoms with van der Waals surface area (Å²) in [7, 11) is 0. The molecule has 33 heavy (non-hydrogen) atoms. The van der Waals surface area contributed by atoms with Gasteiger partial charge in [-0.25, -0.2) is 4.79 Å². The molecule has 0 aliphatic rings. The van der Waals surface area contributed by atoms with Crippen molar-refractivity contribution in [2.45, 2.75) is 13.8 Å². The van der Waals surface area contributed by atoms with Gasteiger partial charge in [-0.2, -0.15) is 9.61 Å². The average molecular weight is 435 g/mol. The number of hydrogen-bond acceptors (Lipinski definition) is 5. The van der Waals surface area contributed by atoms with E-state index < -0.39 is 0 Å². The van der Waals surface area contributed by atoms with Crippen LogP contribution in [-0.4, -0.2) is 30.8 Å². The number of fused-ring (bicyclic) bond motifs is 1. The predicted molar refractivity (Wildman–Crippen MR) is 128 cm³/mol. The molecular weight excluding hydrogens is 414 g/mol. The number of aryl methyl sites for hydroxylation is 2. The van der Waals surface area contributed by atoms with E-state index in [-0.39, 0.29) is 6.03 Å². The summed E-state index contributed by atoms with van der Waals surface area (Å²) in [5.74, 6) is 0.564. The molecule has 8 heteroatoms. The Morgan fingerprint density at radius 3 is 2.39 bits per heavy atom. The quantitative estimate of drug-likeness (QED) is 0.409. The molecule has 0 aliphatic heterocycles. The number of nitrogens with zero attached hydrogens (tertiary/aromatic N) is 5. The Labute approximate surface area is 190 Å². The highest BCUT2D eigenvalue weighted by Crippen LogP contribution is 2.23. The van der Waals surface area contributed by atoms with Crippen LogP contribution in [0.1, 0.15) is 11.1 Å². The predicted octanol–water partition coefficient (Wildman–Crippen LogP) is 5.11. The maximum Gasteiger partial charge on any atom is 0.323 e. The van der Waals surface area contributed by atoms with Gasteiger partial charge in [-0.1, -0.05) is 24.3 Å². The number of hydrogen-bond donors (Lipinski definition) is 2. The van der Waals surface area contributed by atoms with Gasteiger partial charge < -0.3 is 10.6 Å². The Balaban J connectivity index is 1.40. The Kier molecular flexibility index (Phi) is 5.24. The summed E-state index contributed by atoms with van der Waals surface area (Å²) in [6.45, 7) is 4.00. The second kappa shape index (κ2) is 8.51. The van der Waals surface area contributed by atoms with Gasteiger partial charge in [0.25, 0.3) is 0 Å². The van der Waals surface area contributed by atoms with Crippen LogP contribution >= 0.6 is 0 Å². The van der Waals surface area contributed by atoms with Gasteiger partial charge in [-0.15, -0.1) is 10.2 Å². The van der Waals surface area contributed by atoms with E-state index in [1.807, 2.05) is 80.6 Å². The lowest BCUT2D eigenvalue weighted by Crippen LogP contribution is -2.19. The number of benzene rings is 2. The molecule has 8 nitrogen and oxygen atoms in total. The SMILES string of the molecule is Cc1cc(C)cc(NC(=O)Nc2cccc(-c3ccc4nnc(-c5ccccn5)n4n3)c2)c1. The van der Waals surface area contributed by atoms with Gasteiger partial charge in [0.2, 0.25) is 5.82 Å². The topological polar surface area (TPSA) is 97.1 Å². The van der Waals surface area contributed by atoms with Crippen LogP contribution in [0.5, 0.6) is 0 Å². The Bertz CT molecular complexity index is 1440. The highest BCUT2D eigenvalue weighted by Gasteiger charge is 2.12. The third-order valence-corrected chi connectivity index (χ3v) is 5.05. The van der Waals surface area contributed by atoms with Crippen molar-refractivity contribution in [3.05, 3.63) is 90.1 Å². The fourth-order valence-corrected chi connectivity index (χ4v) is 3.69. The lowest BCUT2D eigenvalue weighted by Gasteiger charge is -2.10. The van der Waals surface area contributed by atoms with Crippen LogP contribution in [0.15, 0.2) is 79.0 Å². The minimum atomic E-state index is -0.309. The maximum absolute atomic E-state index is 12.5. The van der Waals surface area contributed by atoms with Crippen LogP contribution < -0.4 is 10.6 Å². The number of carbonyl (C=O) groups excluding carboxylic acids is 1. The number of urea groups is 1. The second-order valence-corrected chi connectivity index (χ2v) is 7.76. The van der Waals surface area contributed by atoms with Crippen LogP contribution in [0, 0.1) is 13.8 Å². The molecule has 0 saturated heterocycles. The number of pyridine rings is 1. The molecule has 0 aliphatic carbocycles. The van der Waals surface area contributed by atoms with Crippen LogP contribution in [-0.2, 0) is 0 Å². The first kappa shape index (κ1) is 20.3. The largest absolute Gasteiger partial charge is 0.323 e. The van der Waals surface area contributed by atoms with Crippen molar-refractivity contribution in [2.75, 3.05) is 10.6 Å². The zero-order valence-corrected chi connectivity index (χ0v) is 18.1. The Morgan fingerprint density at radius 1 is 0.788 bits per heavy atom. The zero-order chi connectivity index (χ0) is 22.8. The number of nitrogens with one attached hydrogen (secondary N) is 2. The monoisotopic (exact) mass is 435 g/mol. The first-order valence-corrected chi connectivity index (χ1v) is 10.5. The molecule has 0 spiro atoms. The lowest BCUT2D eigenvalue weighted by atomic mass is 10.1. The molecule has 0 unspecified atom stereocenters. The number of anilines is 2. The summed E-state index contributed by atoms with van der Waals surface area (Å²) in [6.07, 6.45) is 1.71. The van der Waals surface area contributed by atoms with Gasteiger partial charge >= 0.3 is 6.03 Å². The molecule has 5 rings (SSSR count). The van der Waals surface area contributed by atoms with Crippen molar-refractivity contribution in [3.63, 3.8) is 0 Å². The minimum Gasteiger partial charge on any atom is -0.308 e. The van der Waals surface area contributed by atoms with Crippen molar-refractivity contribution in [3.8, 4) is 22.8 Å². The van der Waals surface area contributed by atoms with Crippen LogP contribution in [0.2, 0.25) is 0 Å². The van der Waals surface area contributed by atoms with E-state index in [0.717, 1.165) is 28.1 Å². The molecule has 0 bridgehead atoms. The summed E-state index contributed by atoms with van der Waals surface area (Å²) in [4.78, 5) is 16.9. The van der Waals surface area contributed by atoms with Gasteiger partial charge in [0.1, 0.15) is 5.69 Å². The van der Waals surface area contributed by atoms with Crippen molar-refractivity contribution in [2.24, 2.45) is 0 Å². The van der Waals surface area contributed by atoms with E-state index in [0.29, 0.717) is 22.9 Å². The lowest BCUT2D eigenvalue weighted by molar-refractivity contribution is 0.262. The van der Waals surface area contributed by atoms with Crippen molar-refractivity contribution >= 4 is 23.1 Å². The zero-order valence-electron chi connectivity index (χ0n) is 18.1. The fourth-order valence-electron chi connectivity index (χ4n) is 3.69. The third kappa shape index (κ3) is 4.40. The van der Waals surface area contributed by atoms with E-state index in [1.165, 1.54) is 0 Å². The normalized spacial score (nSPS) is 10.8. The van der Waals surface area contributed by atoms with Gasteiger partial charge in [0.15, 0.2) is 5.65 Å². The molecule has 2 N–H and O–H groups in total. The van der Waals surface area contributed by atoms with Crippen LogP contribution in [0.3, 0.4) is 0 Å². The van der Waals surface area contributed by atoms with E-state index >= 15 is 0 Å². The molecule has 5 aromatic rings. The van der Waals surface area contributed by atoms with Gasteiger partial charge in [0.05, 0.1) is 5.69 Å². The van der Waals surface area contributed by atoms with Crippen molar-refractivity contribution in [1.82, 2.24) is 24.8 Å². The molecule has 0 atom stereocenters. The Hall–Kier alpha value is -4.59. The van der Waals surface area contributed by atoms with Crippen molar-refractivity contribution < 1.29 is 4.79 Å². The van der Waals surface area contributed by atoms with E-state index in [2.05, 4.69) is 31.9 Å². The third-order valence-electron chi connectivity index (χ3n) is 5.05. The molecule has 0 saturated carbocycles. The summed E-state index contributed by atoms with van der Waals surface area (Å²) < 4.78 is 1.67. The summed E-state index contributed by atoms with van der Waals surface area (Å²) in [5.41, 5.74) is 6.47. The molecule has 2 amide bonds. The smallest absolute Gasteiger partial charge is 0.308 e. The highest BCUT2D eigenvalue weighted by atomic mass is 16.2. The van der Waals surface area contributed by atoms with E-state index in [4.69, 9.17) is 5.10 Å². The fraction of sp³-hybridized carbons (Fsp3) is 0.0800. The minimum absolute atomic E-state index is 0.309. The first-order chi connectivity index (χ1) is 16.0. The van der Waals surface area contributed by atoms with Gasteiger partial charge in [0, 0.05) is 23.1 Å². The maximum atomic E-state index is 12.5. The van der Waals surface area contributed by atoms with Gasteiger partial charge in [-0.3, -0.25) is 4.98 Å². The van der Waals surface area contributed by atoms with E-state index in [9.17, 15) is 4.79 Å². The first-order valence-electron chi connectivity index (χ1n) is 10.5. The number of amides is 2. The van der Waals surface area contributed by atoms with Crippen LogP contribution in [0.4, 0.5) is 16.2 Å².